The summed E-state index contributed by atoms with van der Waals surface area (Å²) in [6, 6.07) is 43.5. The van der Waals surface area contributed by atoms with Crippen LogP contribution in [0.25, 0.3) is 92.6 Å². The number of rotatable bonds is 4. The summed E-state index contributed by atoms with van der Waals surface area (Å²) in [7, 11) is 0. The van der Waals surface area contributed by atoms with Gasteiger partial charge in [-0.1, -0.05) is 152 Å². The second-order valence-electron chi connectivity index (χ2n) is 11.7. The van der Waals surface area contributed by atoms with Crippen molar-refractivity contribution in [2.45, 2.75) is 0 Å². The number of para-hydroxylation sites is 1. The summed E-state index contributed by atoms with van der Waals surface area (Å²) < 4.78 is 40.4. The molecule has 0 aliphatic carbocycles. The summed E-state index contributed by atoms with van der Waals surface area (Å²) in [5, 5.41) is 5.05. The number of nitrogens with zero attached hydrogens (tertiary/aromatic N) is 4. The Kier molecular flexibility index (Phi) is 5.17. The molecule has 0 fully saturated rings. The van der Waals surface area contributed by atoms with E-state index in [0.717, 1.165) is 64.1 Å². The summed E-state index contributed by atoms with van der Waals surface area (Å²) in [4.78, 5) is 15.1. The van der Waals surface area contributed by atoms with Gasteiger partial charge < -0.3 is 0 Å². The summed E-state index contributed by atoms with van der Waals surface area (Å²) in [6.45, 7) is 0. The summed E-state index contributed by atoms with van der Waals surface area (Å²) >= 11 is 1.72. The van der Waals surface area contributed by atoms with Crippen molar-refractivity contribution in [2.75, 3.05) is 0 Å². The van der Waals surface area contributed by atoms with Crippen molar-refractivity contribution in [3.8, 4) is 39.9 Å². The van der Waals surface area contributed by atoms with Crippen LogP contribution in [0.2, 0.25) is 0 Å². The molecule has 4 nitrogen and oxygen atoms in total. The minimum Gasteiger partial charge on any atom is -0.277 e. The molecule has 0 spiro atoms. The lowest BCUT2D eigenvalue weighted by Crippen LogP contribution is -2.06. The van der Waals surface area contributed by atoms with Gasteiger partial charge in [0.2, 0.25) is 5.95 Å². The van der Waals surface area contributed by atoms with Crippen molar-refractivity contribution in [1.82, 2.24) is 19.5 Å². The van der Waals surface area contributed by atoms with E-state index in [1.165, 1.54) is 0 Å². The molecule has 3 aromatic heterocycles. The van der Waals surface area contributed by atoms with Crippen molar-refractivity contribution >= 4 is 64.1 Å². The van der Waals surface area contributed by atoms with Crippen LogP contribution >= 0.6 is 11.3 Å². The van der Waals surface area contributed by atoms with Crippen LogP contribution in [0.15, 0.2) is 158 Å². The van der Waals surface area contributed by atoms with E-state index in [0.29, 0.717) is 22.6 Å². The lowest BCUT2D eigenvalue weighted by Gasteiger charge is -2.12. The van der Waals surface area contributed by atoms with Crippen LogP contribution in [-0.2, 0) is 0 Å². The van der Waals surface area contributed by atoms with Crippen molar-refractivity contribution in [3.63, 3.8) is 0 Å². The van der Waals surface area contributed by atoms with E-state index in [4.69, 9.17) is 17.7 Å². The number of hydrogen-bond donors (Lipinski definition) is 0. The second-order valence-corrected chi connectivity index (χ2v) is 12.7. The van der Waals surface area contributed by atoms with Crippen LogP contribution in [-0.4, -0.2) is 19.5 Å². The molecule has 0 bridgehead atoms. The van der Waals surface area contributed by atoms with Gasteiger partial charge in [-0.15, -0.1) is 11.3 Å². The monoisotopic (exact) mass is 634 g/mol. The molecule has 0 unspecified atom stereocenters. The van der Waals surface area contributed by atoms with Crippen LogP contribution in [0.4, 0.5) is 0 Å². The highest BCUT2D eigenvalue weighted by atomic mass is 32.1. The van der Waals surface area contributed by atoms with Gasteiger partial charge in [-0.05, 0) is 22.6 Å². The Hall–Kier alpha value is -6.17. The first-order valence-electron chi connectivity index (χ1n) is 17.7. The fourth-order valence-corrected chi connectivity index (χ4v) is 8.26. The third-order valence-electron chi connectivity index (χ3n) is 8.97. The van der Waals surface area contributed by atoms with E-state index in [1.54, 1.807) is 11.3 Å². The van der Waals surface area contributed by atoms with Gasteiger partial charge in [-0.3, -0.25) is 4.57 Å². The number of benzene rings is 7. The largest absolute Gasteiger partial charge is 0.277 e. The Morgan fingerprint density at radius 3 is 1.75 bits per heavy atom. The van der Waals surface area contributed by atoms with Crippen molar-refractivity contribution in [3.05, 3.63) is 158 Å². The maximum atomic E-state index is 9.39. The molecule has 48 heavy (non-hydrogen) atoms. The first kappa shape index (κ1) is 23.2. The Bertz CT molecular complexity index is 2990. The van der Waals surface area contributed by atoms with Crippen LogP contribution in [0, 0.1) is 0 Å². The maximum Gasteiger partial charge on any atom is 0.238 e. The summed E-state index contributed by atoms with van der Waals surface area (Å²) in [5.41, 5.74) is 4.88. The molecule has 10 aromatic rings. The smallest absolute Gasteiger partial charge is 0.238 e. The Morgan fingerprint density at radius 2 is 1.06 bits per heavy atom. The van der Waals surface area contributed by atoms with E-state index >= 15 is 0 Å². The van der Waals surface area contributed by atoms with Gasteiger partial charge in [0, 0.05) is 47.5 Å². The lowest BCUT2D eigenvalue weighted by molar-refractivity contribution is 0.955. The van der Waals surface area contributed by atoms with E-state index < -0.39 is 0 Å². The Labute approximate surface area is 285 Å². The van der Waals surface area contributed by atoms with Crippen LogP contribution in [0.3, 0.4) is 0 Å². The third kappa shape index (κ3) is 4.05. The molecule has 3 heterocycles. The quantitative estimate of drug-likeness (QED) is 0.193. The molecule has 0 atom stereocenters. The molecule has 0 saturated carbocycles. The van der Waals surface area contributed by atoms with Gasteiger partial charge in [0.1, 0.15) is 0 Å². The average Bonchev–Trinajstić information content (AvgIpc) is 3.78. The molecule has 10 rings (SSSR count). The molecule has 0 aliphatic rings. The van der Waals surface area contributed by atoms with Gasteiger partial charge in [0.15, 0.2) is 11.6 Å². The molecule has 0 amide bonds. The predicted octanol–water partition coefficient (Wildman–Crippen LogP) is 11.5. The number of fused-ring (bicyclic) bond motifs is 10. The van der Waals surface area contributed by atoms with Crippen LogP contribution < -0.4 is 0 Å². The highest BCUT2D eigenvalue weighted by Crippen LogP contribution is 2.49. The first-order chi connectivity index (χ1) is 25.5. The first-order valence-corrected chi connectivity index (χ1v) is 16.5. The zero-order chi connectivity index (χ0) is 35.1. The molecular formula is C43H26N4S. The predicted molar refractivity (Wildman–Crippen MR) is 201 cm³/mol. The van der Waals surface area contributed by atoms with Gasteiger partial charge in [0.05, 0.1) is 16.5 Å². The molecular weight excluding hydrogens is 605 g/mol. The molecule has 224 valence electrons. The Morgan fingerprint density at radius 1 is 0.479 bits per heavy atom. The number of hydrogen-bond acceptors (Lipinski definition) is 4. The topological polar surface area (TPSA) is 43.6 Å². The third-order valence-corrected chi connectivity index (χ3v) is 10.2. The fourth-order valence-electron chi connectivity index (χ4n) is 6.88. The SMILES string of the molecule is [2H]c1c([2H])c([2H])c2c(c1[2H])c1c3ccccc3c3sc4c(-c5ccccc5)cccc4c3c1n2-c1nc(-c2ccccc2)nc(-c2ccccc2)n1. The highest BCUT2D eigenvalue weighted by molar-refractivity contribution is 7.27. The van der Waals surface area contributed by atoms with E-state index in [2.05, 4.69) is 36.4 Å². The fraction of sp³-hybridized carbons (Fsp3) is 0. The Balaban J connectivity index is 1.47. The number of thiophene rings is 1. The normalized spacial score (nSPS) is 12.9. The molecule has 0 aliphatic heterocycles. The van der Waals surface area contributed by atoms with Gasteiger partial charge >= 0.3 is 0 Å². The van der Waals surface area contributed by atoms with Gasteiger partial charge in [-0.25, -0.2) is 4.98 Å². The zero-order valence-electron chi connectivity index (χ0n) is 29.4. The molecule has 0 radical (unpaired) electrons. The minimum atomic E-state index is -0.315. The number of aromatic nitrogens is 4. The molecule has 0 saturated heterocycles. The van der Waals surface area contributed by atoms with Crippen LogP contribution in [0.5, 0.6) is 0 Å². The molecule has 0 N–H and O–H groups in total. The lowest BCUT2D eigenvalue weighted by atomic mass is 9.98. The average molecular weight is 635 g/mol. The second kappa shape index (κ2) is 10.7. The van der Waals surface area contributed by atoms with E-state index in [9.17, 15) is 2.74 Å². The molecule has 5 heteroatoms. The van der Waals surface area contributed by atoms with E-state index in [1.807, 2.05) is 102 Å². The van der Waals surface area contributed by atoms with E-state index in [-0.39, 0.29) is 30.1 Å². The zero-order valence-corrected chi connectivity index (χ0v) is 26.2. The molecule has 7 aromatic carbocycles. The maximum absolute atomic E-state index is 9.39. The van der Waals surface area contributed by atoms with Crippen molar-refractivity contribution < 1.29 is 5.48 Å². The van der Waals surface area contributed by atoms with Crippen molar-refractivity contribution in [1.29, 1.82) is 0 Å². The van der Waals surface area contributed by atoms with Gasteiger partial charge in [0.25, 0.3) is 0 Å². The minimum absolute atomic E-state index is 0.102. The van der Waals surface area contributed by atoms with Gasteiger partial charge in [-0.2, -0.15) is 9.97 Å². The highest BCUT2D eigenvalue weighted by Gasteiger charge is 2.24. The van der Waals surface area contributed by atoms with Crippen molar-refractivity contribution in [2.24, 2.45) is 0 Å². The summed E-state index contributed by atoms with van der Waals surface area (Å²) in [6.07, 6.45) is 0. The standard InChI is InChI=1S/C43H26N4S/c1-4-15-27(16-5-1)30-24-14-25-34-37-38-36(31-21-10-11-22-32(31)40(37)48-39(30)34)33-23-12-13-26-35(33)47(38)43-45-41(28-17-6-2-7-18-28)44-42(46-43)29-19-8-3-9-20-29/h1-26H/i12D,13D,23D,26D. The summed E-state index contributed by atoms with van der Waals surface area (Å²) in [5.74, 6) is 1.19. The van der Waals surface area contributed by atoms with Crippen LogP contribution in [0.1, 0.15) is 5.48 Å².